The largest absolute Gasteiger partial charge is 0.460 e. The van der Waals surface area contributed by atoms with Crippen LogP contribution >= 0.6 is 0 Å². The number of sulfonamides is 1. The molecule has 0 aromatic heterocycles. The molecule has 0 saturated heterocycles. The molecule has 0 spiro atoms. The van der Waals surface area contributed by atoms with Crippen LogP contribution < -0.4 is 4.83 Å². The van der Waals surface area contributed by atoms with Gasteiger partial charge in [0, 0.05) is 0 Å². The van der Waals surface area contributed by atoms with Gasteiger partial charge in [-0.2, -0.15) is 74.6 Å². The van der Waals surface area contributed by atoms with E-state index in [1.54, 1.807) is 0 Å². The summed E-state index contributed by atoms with van der Waals surface area (Å²) in [6, 6.07) is 0. The maximum Gasteiger partial charge on any atom is 0.460 e. The number of nitrogens with one attached hydrogen (secondary N) is 1. The van der Waals surface area contributed by atoms with E-state index in [2.05, 4.69) is 0 Å². The van der Waals surface area contributed by atoms with Gasteiger partial charge in [-0.1, -0.05) is 0 Å². The molecule has 25 heteroatoms. The Morgan fingerprint density at radius 3 is 0.939 bits per heavy atom. The van der Waals surface area contributed by atoms with Gasteiger partial charge in [0.15, 0.2) is 0 Å². The van der Waals surface area contributed by atoms with Crippen LogP contribution in [0.2, 0.25) is 0 Å². The zero-order valence-electron chi connectivity index (χ0n) is 13.7. The second kappa shape index (κ2) is 7.48. The molecule has 0 unspecified atom stereocenters. The highest BCUT2D eigenvalue weighted by Gasteiger charge is 2.96. The van der Waals surface area contributed by atoms with E-state index in [4.69, 9.17) is 0 Å². The van der Waals surface area contributed by atoms with Crippen LogP contribution in [0.4, 0.5) is 88.1 Å². The second-order valence-electron chi connectivity index (χ2n) is 5.50. The maximum absolute atomic E-state index is 13.3. The van der Waals surface area contributed by atoms with Gasteiger partial charge in [-0.3, -0.25) is 0 Å². The van der Waals surface area contributed by atoms with Crippen molar-refractivity contribution in [3.05, 3.63) is 0 Å². The van der Waals surface area contributed by atoms with E-state index in [9.17, 15) is 96.5 Å². The summed E-state index contributed by atoms with van der Waals surface area (Å²) in [4.78, 5) is -1.52. The Morgan fingerprint density at radius 2 is 0.697 bits per heavy atom. The Labute approximate surface area is 165 Å². The second-order valence-corrected chi connectivity index (χ2v) is 7.20. The fourth-order valence-electron chi connectivity index (χ4n) is 1.51. The molecule has 0 amide bonds. The molecule has 0 rings (SSSR count). The lowest BCUT2D eigenvalue weighted by atomic mass is 9.91. The Morgan fingerprint density at radius 1 is 0.455 bits per heavy atom. The molecule has 1 N–H and O–H groups in total. The molecule has 0 aromatic rings. The van der Waals surface area contributed by atoms with Crippen molar-refractivity contribution in [2.45, 2.75) is 47.0 Å². The summed E-state index contributed by atoms with van der Waals surface area (Å²) in [6.45, 7) is 0. The van der Waals surface area contributed by atoms with Crippen LogP contribution in [0.25, 0.3) is 0 Å². The van der Waals surface area contributed by atoms with Gasteiger partial charge in [-0.05, 0) is 0 Å². The highest BCUT2D eigenvalue weighted by Crippen LogP contribution is 2.64. The van der Waals surface area contributed by atoms with E-state index in [-0.39, 0.29) is 0 Å². The molecule has 0 atom stereocenters. The van der Waals surface area contributed by atoms with Crippen LogP contribution in [-0.2, 0) is 10.0 Å². The summed E-state index contributed by atoms with van der Waals surface area (Å²) in [5.41, 5.74) is 0. The standard InChI is InChI=1S/C8HF20N2O2S/c9-1(10,3(13,14)5(17,18)7(21,22)23)2(11,12)4(15,16)6(19,20)8(24,25)33(31,32)29-30(26,27)28/h29H/q+1. The molecule has 200 valence electrons. The number of rotatable bonds is 9. The van der Waals surface area contributed by atoms with Gasteiger partial charge in [0.05, 0.1) is 4.83 Å². The molecular weight excluding hydrogens is 568 g/mol. The third kappa shape index (κ3) is 4.22. The summed E-state index contributed by atoms with van der Waals surface area (Å²) in [5.74, 6) is -53.3. The average Bonchev–Trinajstić information content (AvgIpc) is 2.49. The van der Waals surface area contributed by atoms with Crippen molar-refractivity contribution in [1.82, 2.24) is 4.83 Å². The first kappa shape index (κ1) is 31.5. The van der Waals surface area contributed by atoms with Crippen LogP contribution in [0.3, 0.4) is 0 Å². The minimum absolute atomic E-state index is 1.52. The lowest BCUT2D eigenvalue weighted by Gasteiger charge is -2.42. The minimum atomic E-state index is -9.12. The van der Waals surface area contributed by atoms with Crippen molar-refractivity contribution in [1.29, 1.82) is 0 Å². The van der Waals surface area contributed by atoms with Crippen molar-refractivity contribution in [3.8, 4) is 0 Å². The Bertz CT molecular complexity index is 837. The molecule has 0 heterocycles. The summed E-state index contributed by atoms with van der Waals surface area (Å²) in [5, 5.41) is -14.4. The van der Waals surface area contributed by atoms with Crippen molar-refractivity contribution < 1.29 is 102 Å². The first-order valence-electron chi connectivity index (χ1n) is 6.43. The summed E-state index contributed by atoms with van der Waals surface area (Å²) in [6.07, 6.45) is -7.99. The quantitative estimate of drug-likeness (QED) is 0.234. The number of hydrogen-bond donors (Lipinski definition) is 1. The molecule has 0 aliphatic rings. The van der Waals surface area contributed by atoms with E-state index in [1.165, 1.54) is 0 Å². The smallest absolute Gasteiger partial charge is 0.201 e. The van der Waals surface area contributed by atoms with Crippen molar-refractivity contribution in [2.75, 3.05) is 0 Å². The van der Waals surface area contributed by atoms with E-state index in [1.807, 2.05) is 0 Å². The predicted octanol–water partition coefficient (Wildman–Crippen LogP) is 5.26. The number of hydrogen-bond acceptors (Lipinski definition) is 2. The number of quaternary nitrogens is 1. The normalized spacial score (nSPS) is 16.8. The molecule has 4 nitrogen and oxygen atoms in total. The lowest BCUT2D eigenvalue weighted by Crippen LogP contribution is -2.75. The third-order valence-corrected chi connectivity index (χ3v) is 4.63. The monoisotopic (exact) mass is 569 g/mol. The van der Waals surface area contributed by atoms with Gasteiger partial charge in [-0.15, -0.1) is 0 Å². The predicted molar refractivity (Wildman–Crippen MR) is 56.3 cm³/mol. The number of nitrogens with zero attached hydrogens (tertiary/aromatic N) is 1. The summed E-state index contributed by atoms with van der Waals surface area (Å²) >= 11 is 0. The molecule has 0 bridgehead atoms. The highest BCUT2D eigenvalue weighted by atomic mass is 32.2. The average molecular weight is 569 g/mol. The van der Waals surface area contributed by atoms with Gasteiger partial charge in [-0.25, -0.2) is 8.42 Å². The van der Waals surface area contributed by atoms with Crippen molar-refractivity contribution in [3.63, 3.8) is 0 Å². The Kier molecular flexibility index (Phi) is 7.14. The van der Waals surface area contributed by atoms with Gasteiger partial charge < -0.3 is 0 Å². The molecule has 0 radical (unpaired) electrons. The zero-order valence-corrected chi connectivity index (χ0v) is 14.5. The van der Waals surface area contributed by atoms with Crippen LogP contribution in [0.5, 0.6) is 0 Å². The van der Waals surface area contributed by atoms with Gasteiger partial charge >= 0.3 is 62.2 Å². The lowest BCUT2D eigenvalue weighted by molar-refractivity contribution is -1.29. The highest BCUT2D eigenvalue weighted by molar-refractivity contribution is 7.90. The van der Waals surface area contributed by atoms with E-state index in [0.29, 0.717) is 0 Å². The van der Waals surface area contributed by atoms with Crippen LogP contribution in [0.1, 0.15) is 0 Å². The number of alkyl halides is 17. The van der Waals surface area contributed by atoms with E-state index < -0.39 is 67.1 Å². The Balaban J connectivity index is 6.96. The molecular formula is C8HF20N2O2S+. The molecule has 33 heavy (non-hydrogen) atoms. The fraction of sp³-hybridized carbons (Fsp3) is 1.00. The molecule has 0 aliphatic carbocycles. The first-order chi connectivity index (χ1) is 13.7. The molecule has 0 fully saturated rings. The first-order valence-corrected chi connectivity index (χ1v) is 7.92. The van der Waals surface area contributed by atoms with Crippen LogP contribution in [-0.4, -0.2) is 60.6 Å². The van der Waals surface area contributed by atoms with Crippen LogP contribution in [0, 0.1) is 0 Å². The minimum Gasteiger partial charge on any atom is -0.201 e. The van der Waals surface area contributed by atoms with Gasteiger partial charge in [0.1, 0.15) is 13.4 Å². The number of halogens is 20. The zero-order chi connectivity index (χ0) is 27.7. The molecule has 0 aromatic carbocycles. The summed E-state index contributed by atoms with van der Waals surface area (Å²) in [7, 11) is -8.41. The van der Waals surface area contributed by atoms with Crippen molar-refractivity contribution >= 4 is 10.0 Å². The van der Waals surface area contributed by atoms with Gasteiger partial charge in [0.25, 0.3) is 0 Å². The SMILES string of the molecule is O=S(=O)(N[N+](F)(F)F)C(F)(F)C(F)(F)C(F)(F)C(F)(F)C(F)(F)C(F)(F)C(F)(F)C(F)(F)F. The third-order valence-electron chi connectivity index (χ3n) is 3.25. The molecule has 0 saturated carbocycles. The van der Waals surface area contributed by atoms with Crippen LogP contribution in [0.15, 0.2) is 0 Å². The summed E-state index contributed by atoms with van der Waals surface area (Å²) < 4.78 is 274. The van der Waals surface area contributed by atoms with Crippen molar-refractivity contribution in [2.24, 2.45) is 0 Å². The Hall–Kier alpha value is -1.53. The topological polar surface area (TPSA) is 46.2 Å². The van der Waals surface area contributed by atoms with E-state index >= 15 is 0 Å². The maximum atomic E-state index is 13.3. The fourth-order valence-corrected chi connectivity index (χ4v) is 2.36. The van der Waals surface area contributed by atoms with E-state index in [0.717, 1.165) is 0 Å². The van der Waals surface area contributed by atoms with Gasteiger partial charge in [0.2, 0.25) is 0 Å². The molecule has 0 aliphatic heterocycles.